The summed E-state index contributed by atoms with van der Waals surface area (Å²) >= 11 is 6.19. The van der Waals surface area contributed by atoms with Crippen molar-refractivity contribution in [1.82, 2.24) is 29.4 Å². The molecule has 1 aliphatic rings. The highest BCUT2D eigenvalue weighted by Gasteiger charge is 2.39. The van der Waals surface area contributed by atoms with Gasteiger partial charge in [0.15, 0.2) is 5.65 Å². The molecule has 12 heteroatoms. The second-order valence-electron chi connectivity index (χ2n) is 11.2. The fourth-order valence-corrected chi connectivity index (χ4v) is 5.17. The maximum Gasteiger partial charge on any atom is 0.410 e. The highest BCUT2D eigenvalue weighted by molar-refractivity contribution is 6.30. The van der Waals surface area contributed by atoms with E-state index in [4.69, 9.17) is 21.3 Å². The number of ether oxygens (including phenoxy) is 1. The van der Waals surface area contributed by atoms with Crippen molar-refractivity contribution >= 4 is 40.6 Å². The summed E-state index contributed by atoms with van der Waals surface area (Å²) in [5.41, 5.74) is 3.83. The number of pyridine rings is 1. The summed E-state index contributed by atoms with van der Waals surface area (Å²) in [6.45, 7) is 8.13. The van der Waals surface area contributed by atoms with Gasteiger partial charge in [0.25, 0.3) is 0 Å². The van der Waals surface area contributed by atoms with Gasteiger partial charge < -0.3 is 24.6 Å². The summed E-state index contributed by atoms with van der Waals surface area (Å²) < 4.78 is 8.90. The average molecular weight is 566 g/mol. The Labute approximate surface area is 236 Å². The van der Waals surface area contributed by atoms with Crippen LogP contribution in [0, 0.1) is 6.92 Å². The molecule has 4 aromatic rings. The molecular weight excluding hydrogens is 534 g/mol. The van der Waals surface area contributed by atoms with Gasteiger partial charge in [-0.3, -0.25) is 0 Å². The van der Waals surface area contributed by atoms with Crippen LogP contribution >= 0.6 is 11.6 Å². The van der Waals surface area contributed by atoms with E-state index in [1.165, 1.54) is 0 Å². The van der Waals surface area contributed by atoms with Gasteiger partial charge in [0.2, 0.25) is 0 Å². The molecule has 0 radical (unpaired) electrons. The fourth-order valence-electron chi connectivity index (χ4n) is 5.05. The minimum absolute atomic E-state index is 0.137. The first-order chi connectivity index (χ1) is 18.8. The smallest absolute Gasteiger partial charge is 0.410 e. The van der Waals surface area contributed by atoms with Crippen LogP contribution in [-0.4, -0.2) is 65.3 Å². The lowest BCUT2D eigenvalue weighted by Crippen LogP contribution is -2.50. The number of fused-ring (bicyclic) bond motifs is 1. The lowest BCUT2D eigenvalue weighted by molar-refractivity contribution is 0.00815. The lowest BCUT2D eigenvalue weighted by Gasteiger charge is -2.39. The molecule has 0 spiro atoms. The summed E-state index contributed by atoms with van der Waals surface area (Å²) in [5.74, 6) is -0.631. The number of anilines is 1. The van der Waals surface area contributed by atoms with E-state index in [1.807, 2.05) is 63.7 Å². The second-order valence-corrected chi connectivity index (χ2v) is 11.6. The van der Waals surface area contributed by atoms with Crippen LogP contribution < -0.4 is 5.32 Å². The van der Waals surface area contributed by atoms with Crippen LogP contribution in [0.15, 0.2) is 36.5 Å². The number of hydrogen-bond donors (Lipinski definition) is 2. The predicted molar refractivity (Wildman–Crippen MR) is 151 cm³/mol. The number of carboxylic acids is 1. The summed E-state index contributed by atoms with van der Waals surface area (Å²) in [4.78, 5) is 31.6. The predicted octanol–water partition coefficient (Wildman–Crippen LogP) is 4.90. The molecule has 1 unspecified atom stereocenters. The van der Waals surface area contributed by atoms with Crippen molar-refractivity contribution < 1.29 is 19.4 Å². The molecule has 1 aliphatic heterocycles. The monoisotopic (exact) mass is 565 g/mol. The van der Waals surface area contributed by atoms with E-state index in [-0.39, 0.29) is 11.5 Å². The number of halogens is 1. The molecule has 1 aromatic carbocycles. The molecule has 0 bridgehead atoms. The lowest BCUT2D eigenvalue weighted by atomic mass is 9.88. The minimum atomic E-state index is -1.04. The quantitative estimate of drug-likeness (QED) is 0.338. The van der Waals surface area contributed by atoms with Crippen LogP contribution in [0.2, 0.25) is 5.02 Å². The molecule has 11 nitrogen and oxygen atoms in total. The van der Waals surface area contributed by atoms with Crippen molar-refractivity contribution in [3.63, 3.8) is 0 Å². The first-order valence-electron chi connectivity index (χ1n) is 12.9. The number of aromatic carboxylic acids is 1. The molecule has 1 atom stereocenters. The number of aromatic nitrogens is 5. The van der Waals surface area contributed by atoms with E-state index >= 15 is 0 Å². The molecule has 1 fully saturated rings. The number of carbonyl (C=O) groups is 2. The van der Waals surface area contributed by atoms with Crippen LogP contribution in [0.4, 0.5) is 10.6 Å². The number of hydrogen-bond acceptors (Lipinski definition) is 7. The fraction of sp³-hybridized carbons (Fsp3) is 0.393. The number of rotatable bonds is 6. The molecular formula is C28H32ClN7O4. The van der Waals surface area contributed by atoms with Crippen LogP contribution in [0.1, 0.15) is 65.5 Å². The van der Waals surface area contributed by atoms with Crippen molar-refractivity contribution in [3.05, 3.63) is 69.5 Å². The molecule has 1 saturated heterocycles. The molecule has 3 aromatic heterocycles. The van der Waals surface area contributed by atoms with Crippen LogP contribution in [-0.2, 0) is 18.8 Å². The third kappa shape index (κ3) is 5.21. The van der Waals surface area contributed by atoms with Crippen LogP contribution in [0.3, 0.4) is 0 Å². The molecule has 0 saturated carbocycles. The standard InChI is InChI=1S/C28H32ClN7O4/c1-15-11-20(31-25-22(15)32-33-35(25)6)30-23(16-7-9-18(29)10-8-16)24-21(26(37)38)19(14-34(24)5)17-12-36(13-17)27(39)40-28(2,3)4/h7-11,14,17,23H,12-13H2,1-6H3,(H,30,31)(H,37,38). The van der Waals surface area contributed by atoms with E-state index in [2.05, 4.69) is 15.6 Å². The molecule has 2 N–H and O–H groups in total. The van der Waals surface area contributed by atoms with Crippen molar-refractivity contribution in [3.8, 4) is 0 Å². The van der Waals surface area contributed by atoms with E-state index in [0.29, 0.717) is 46.4 Å². The van der Waals surface area contributed by atoms with Crippen molar-refractivity contribution in [1.29, 1.82) is 0 Å². The molecule has 5 rings (SSSR count). The maximum absolute atomic E-state index is 12.8. The molecule has 4 heterocycles. The molecule has 210 valence electrons. The Hall–Kier alpha value is -4.12. The van der Waals surface area contributed by atoms with Gasteiger partial charge in [0.1, 0.15) is 16.9 Å². The third-order valence-corrected chi connectivity index (χ3v) is 7.22. The van der Waals surface area contributed by atoms with Crippen molar-refractivity contribution in [2.75, 3.05) is 18.4 Å². The van der Waals surface area contributed by atoms with Gasteiger partial charge in [-0.15, -0.1) is 5.10 Å². The zero-order valence-corrected chi connectivity index (χ0v) is 24.0. The molecule has 40 heavy (non-hydrogen) atoms. The Morgan fingerprint density at radius 1 is 1.18 bits per heavy atom. The number of benzene rings is 1. The average Bonchev–Trinajstić information content (AvgIpc) is 3.36. The first-order valence-corrected chi connectivity index (χ1v) is 13.3. The molecule has 0 aliphatic carbocycles. The Balaban J connectivity index is 1.54. The van der Waals surface area contributed by atoms with Gasteiger partial charge in [0, 0.05) is 44.3 Å². The van der Waals surface area contributed by atoms with Gasteiger partial charge in [0.05, 0.1) is 17.3 Å². The number of amides is 1. The SMILES string of the molecule is Cc1cc(NC(c2ccc(Cl)cc2)c2c(C(=O)O)c(C3CN(C(=O)OC(C)(C)C)C3)cn2C)nc2c1nnn2C. The first kappa shape index (κ1) is 27.4. The van der Waals surface area contributed by atoms with Crippen LogP contribution in [0.25, 0.3) is 11.2 Å². The second kappa shape index (κ2) is 10.1. The number of nitrogens with zero attached hydrogens (tertiary/aromatic N) is 6. The maximum atomic E-state index is 12.8. The van der Waals surface area contributed by atoms with Gasteiger partial charge in [-0.1, -0.05) is 28.9 Å². The van der Waals surface area contributed by atoms with Gasteiger partial charge in [-0.25, -0.2) is 19.3 Å². The normalized spacial score (nSPS) is 14.7. The topological polar surface area (TPSA) is 127 Å². The third-order valence-electron chi connectivity index (χ3n) is 6.96. The number of carbonyl (C=O) groups excluding carboxylic acids is 1. The zero-order chi connectivity index (χ0) is 28.9. The zero-order valence-electron chi connectivity index (χ0n) is 23.3. The summed E-state index contributed by atoms with van der Waals surface area (Å²) in [5, 5.41) is 22.7. The van der Waals surface area contributed by atoms with E-state index in [0.717, 1.165) is 11.1 Å². The summed E-state index contributed by atoms with van der Waals surface area (Å²) in [6.07, 6.45) is 1.44. The minimum Gasteiger partial charge on any atom is -0.478 e. The summed E-state index contributed by atoms with van der Waals surface area (Å²) in [7, 11) is 3.60. The highest BCUT2D eigenvalue weighted by Crippen LogP contribution is 2.38. The Morgan fingerprint density at radius 3 is 2.48 bits per heavy atom. The number of likely N-dealkylation sites (tertiary alicyclic amines) is 1. The highest BCUT2D eigenvalue weighted by atomic mass is 35.5. The van der Waals surface area contributed by atoms with Crippen LogP contribution in [0.5, 0.6) is 0 Å². The largest absolute Gasteiger partial charge is 0.478 e. The van der Waals surface area contributed by atoms with Crippen molar-refractivity contribution in [2.24, 2.45) is 14.1 Å². The Bertz CT molecular complexity index is 1600. The van der Waals surface area contributed by atoms with E-state index in [9.17, 15) is 14.7 Å². The van der Waals surface area contributed by atoms with Gasteiger partial charge >= 0.3 is 12.1 Å². The molecule has 1 amide bonds. The number of carboxylic acid groups (broad SMARTS) is 1. The summed E-state index contributed by atoms with van der Waals surface area (Å²) in [6, 6.07) is 8.57. The van der Waals surface area contributed by atoms with Gasteiger partial charge in [-0.2, -0.15) is 0 Å². The van der Waals surface area contributed by atoms with Crippen molar-refractivity contribution in [2.45, 2.75) is 45.3 Å². The number of aryl methyl sites for hydroxylation is 3. The van der Waals surface area contributed by atoms with E-state index < -0.39 is 23.7 Å². The van der Waals surface area contributed by atoms with Gasteiger partial charge in [-0.05, 0) is 62.6 Å². The number of nitrogens with one attached hydrogen (secondary N) is 1. The Kier molecular flexibility index (Phi) is 6.95. The Morgan fingerprint density at radius 2 is 1.85 bits per heavy atom. The van der Waals surface area contributed by atoms with E-state index in [1.54, 1.807) is 28.8 Å².